The first-order valence-electron chi connectivity index (χ1n) is 4.49. The zero-order valence-electron chi connectivity index (χ0n) is 7.90. The Morgan fingerprint density at radius 3 is 2.64 bits per heavy atom. The van der Waals surface area contributed by atoms with Gasteiger partial charge in [-0.1, -0.05) is 38.5 Å². The molecule has 0 spiro atoms. The molecule has 0 saturated heterocycles. The number of hydrogen-bond donors (Lipinski definition) is 0. The minimum atomic E-state index is 0.597. The Morgan fingerprint density at radius 1 is 1.55 bits per heavy atom. The molecule has 0 aromatic heterocycles. The van der Waals surface area contributed by atoms with E-state index in [1.165, 1.54) is 24.8 Å². The van der Waals surface area contributed by atoms with E-state index in [1.807, 2.05) is 6.08 Å². The molecule has 0 bridgehead atoms. The highest BCUT2D eigenvalue weighted by atomic mass is 14.0. The van der Waals surface area contributed by atoms with E-state index in [4.69, 9.17) is 0 Å². The fraction of sp³-hybridized carbons (Fsp3) is 0.636. The van der Waals surface area contributed by atoms with Gasteiger partial charge in [0.25, 0.3) is 0 Å². The van der Waals surface area contributed by atoms with Gasteiger partial charge in [-0.2, -0.15) is 0 Å². The van der Waals surface area contributed by atoms with Crippen molar-refractivity contribution >= 4 is 0 Å². The summed E-state index contributed by atoms with van der Waals surface area (Å²) >= 11 is 0. The molecular formula is C11H20. The Labute approximate surface area is 71.0 Å². The summed E-state index contributed by atoms with van der Waals surface area (Å²) in [5.41, 5.74) is 1.37. The Balaban J connectivity index is 3.43. The molecule has 0 amide bonds. The molecule has 1 atom stereocenters. The second kappa shape index (κ2) is 6.21. The van der Waals surface area contributed by atoms with Gasteiger partial charge < -0.3 is 0 Å². The van der Waals surface area contributed by atoms with Crippen LogP contribution in [-0.2, 0) is 0 Å². The summed E-state index contributed by atoms with van der Waals surface area (Å²) in [6.45, 7) is 12.2. The van der Waals surface area contributed by atoms with Gasteiger partial charge in [0.05, 0.1) is 0 Å². The molecule has 0 fully saturated rings. The number of allylic oxidation sites excluding steroid dienone is 2. The SMILES string of the molecule is C=C[C@@H](C)CC(=C)CCCC. The molecule has 0 aliphatic heterocycles. The van der Waals surface area contributed by atoms with Crippen molar-refractivity contribution in [2.45, 2.75) is 39.5 Å². The highest BCUT2D eigenvalue weighted by Crippen LogP contribution is 2.15. The summed E-state index contributed by atoms with van der Waals surface area (Å²) in [7, 11) is 0. The molecule has 0 saturated carbocycles. The number of unbranched alkanes of at least 4 members (excludes halogenated alkanes) is 1. The van der Waals surface area contributed by atoms with Crippen LogP contribution in [0.2, 0.25) is 0 Å². The van der Waals surface area contributed by atoms with Crippen LogP contribution in [0.3, 0.4) is 0 Å². The first-order valence-corrected chi connectivity index (χ1v) is 4.49. The largest absolute Gasteiger partial charge is 0.103 e. The van der Waals surface area contributed by atoms with Crippen molar-refractivity contribution in [2.24, 2.45) is 5.92 Å². The second-order valence-electron chi connectivity index (χ2n) is 3.27. The number of hydrogen-bond acceptors (Lipinski definition) is 0. The van der Waals surface area contributed by atoms with Gasteiger partial charge in [-0.15, -0.1) is 6.58 Å². The van der Waals surface area contributed by atoms with Crippen molar-refractivity contribution in [1.82, 2.24) is 0 Å². The molecule has 64 valence electrons. The van der Waals surface area contributed by atoms with Crippen molar-refractivity contribution in [1.29, 1.82) is 0 Å². The highest BCUT2D eigenvalue weighted by molar-refractivity contribution is 4.97. The van der Waals surface area contributed by atoms with Crippen LogP contribution in [0.1, 0.15) is 39.5 Å². The maximum absolute atomic E-state index is 4.03. The predicted molar refractivity (Wildman–Crippen MR) is 52.6 cm³/mol. The minimum Gasteiger partial charge on any atom is -0.103 e. The molecule has 0 nitrogen and oxygen atoms in total. The Hall–Kier alpha value is -0.520. The highest BCUT2D eigenvalue weighted by Gasteiger charge is 1.98. The molecule has 0 heteroatoms. The van der Waals surface area contributed by atoms with Gasteiger partial charge in [0, 0.05) is 0 Å². The van der Waals surface area contributed by atoms with Gasteiger partial charge >= 0.3 is 0 Å². The molecule has 0 rings (SSSR count). The van der Waals surface area contributed by atoms with E-state index >= 15 is 0 Å². The third-order valence-corrected chi connectivity index (χ3v) is 1.90. The van der Waals surface area contributed by atoms with Crippen LogP contribution >= 0.6 is 0 Å². The first kappa shape index (κ1) is 10.5. The van der Waals surface area contributed by atoms with Crippen molar-refractivity contribution in [3.05, 3.63) is 24.8 Å². The zero-order chi connectivity index (χ0) is 8.69. The maximum Gasteiger partial charge on any atom is -0.0227 e. The van der Waals surface area contributed by atoms with Gasteiger partial charge in [-0.3, -0.25) is 0 Å². The maximum atomic E-state index is 4.03. The molecule has 0 aliphatic rings. The van der Waals surface area contributed by atoms with Crippen molar-refractivity contribution in [3.63, 3.8) is 0 Å². The Bertz CT molecular complexity index is 122. The van der Waals surface area contributed by atoms with E-state index in [0.29, 0.717) is 5.92 Å². The molecular weight excluding hydrogens is 132 g/mol. The van der Waals surface area contributed by atoms with Crippen molar-refractivity contribution < 1.29 is 0 Å². The summed E-state index contributed by atoms with van der Waals surface area (Å²) in [5.74, 6) is 0.597. The lowest BCUT2D eigenvalue weighted by atomic mass is 9.99. The normalized spacial score (nSPS) is 12.5. The van der Waals surface area contributed by atoms with E-state index in [2.05, 4.69) is 27.0 Å². The average molecular weight is 152 g/mol. The first-order chi connectivity index (χ1) is 5.20. The molecule has 0 unspecified atom stereocenters. The lowest BCUT2D eigenvalue weighted by Crippen LogP contribution is -1.91. The Morgan fingerprint density at radius 2 is 2.18 bits per heavy atom. The summed E-state index contributed by atoms with van der Waals surface area (Å²) in [5, 5.41) is 0. The van der Waals surface area contributed by atoms with Gasteiger partial charge in [0.15, 0.2) is 0 Å². The molecule has 0 heterocycles. The minimum absolute atomic E-state index is 0.597. The van der Waals surface area contributed by atoms with Crippen LogP contribution in [0.25, 0.3) is 0 Å². The summed E-state index contributed by atoms with van der Waals surface area (Å²) < 4.78 is 0. The average Bonchev–Trinajstić information content (AvgIpc) is 2.00. The number of rotatable bonds is 6. The monoisotopic (exact) mass is 152 g/mol. The quantitative estimate of drug-likeness (QED) is 0.506. The Kier molecular flexibility index (Phi) is 5.91. The van der Waals surface area contributed by atoms with E-state index < -0.39 is 0 Å². The fourth-order valence-electron chi connectivity index (χ4n) is 1.07. The van der Waals surface area contributed by atoms with E-state index in [1.54, 1.807) is 0 Å². The van der Waals surface area contributed by atoms with Crippen LogP contribution in [0.5, 0.6) is 0 Å². The smallest absolute Gasteiger partial charge is 0.0227 e. The molecule has 0 aromatic rings. The third-order valence-electron chi connectivity index (χ3n) is 1.90. The molecule has 0 N–H and O–H groups in total. The van der Waals surface area contributed by atoms with Crippen LogP contribution in [0, 0.1) is 5.92 Å². The van der Waals surface area contributed by atoms with E-state index in [-0.39, 0.29) is 0 Å². The third kappa shape index (κ3) is 5.90. The topological polar surface area (TPSA) is 0 Å². The van der Waals surface area contributed by atoms with Gasteiger partial charge in [-0.05, 0) is 25.2 Å². The van der Waals surface area contributed by atoms with Crippen LogP contribution in [-0.4, -0.2) is 0 Å². The lowest BCUT2D eigenvalue weighted by Gasteiger charge is -2.07. The van der Waals surface area contributed by atoms with Crippen LogP contribution < -0.4 is 0 Å². The summed E-state index contributed by atoms with van der Waals surface area (Å²) in [6.07, 6.45) is 6.85. The molecule has 0 aromatic carbocycles. The van der Waals surface area contributed by atoms with Gasteiger partial charge in [0.2, 0.25) is 0 Å². The van der Waals surface area contributed by atoms with E-state index in [0.717, 1.165) is 6.42 Å². The lowest BCUT2D eigenvalue weighted by molar-refractivity contribution is 0.670. The van der Waals surface area contributed by atoms with Gasteiger partial charge in [0.1, 0.15) is 0 Å². The standard InChI is InChI=1S/C11H20/c1-5-7-8-11(4)9-10(3)6-2/h6,10H,2,4-5,7-9H2,1,3H3/t10-/m1/s1. The summed E-state index contributed by atoms with van der Waals surface area (Å²) in [4.78, 5) is 0. The van der Waals surface area contributed by atoms with Crippen molar-refractivity contribution in [3.8, 4) is 0 Å². The predicted octanol–water partition coefficient (Wildman–Crippen LogP) is 3.95. The molecule has 11 heavy (non-hydrogen) atoms. The van der Waals surface area contributed by atoms with Crippen LogP contribution in [0.15, 0.2) is 24.8 Å². The zero-order valence-corrected chi connectivity index (χ0v) is 7.90. The van der Waals surface area contributed by atoms with Crippen LogP contribution in [0.4, 0.5) is 0 Å². The van der Waals surface area contributed by atoms with Gasteiger partial charge in [-0.25, -0.2) is 0 Å². The molecule has 0 aliphatic carbocycles. The summed E-state index contributed by atoms with van der Waals surface area (Å²) in [6, 6.07) is 0. The van der Waals surface area contributed by atoms with E-state index in [9.17, 15) is 0 Å². The second-order valence-corrected chi connectivity index (χ2v) is 3.27. The fourth-order valence-corrected chi connectivity index (χ4v) is 1.07. The molecule has 0 radical (unpaired) electrons. The van der Waals surface area contributed by atoms with Crippen molar-refractivity contribution in [2.75, 3.05) is 0 Å².